The highest BCUT2D eigenvalue weighted by atomic mass is 16.1. The topological polar surface area (TPSA) is 37.8 Å². The molecule has 1 heterocycles. The molecular formula is C12H14N2O. The van der Waals surface area contributed by atoms with Gasteiger partial charge in [-0.15, -0.1) is 0 Å². The second-order valence-electron chi connectivity index (χ2n) is 3.56. The summed E-state index contributed by atoms with van der Waals surface area (Å²) in [5, 5.41) is 2.81. The third-order valence-electron chi connectivity index (χ3n) is 2.43. The molecule has 0 aliphatic carbocycles. The van der Waals surface area contributed by atoms with Gasteiger partial charge in [0.2, 0.25) is 0 Å². The SMILES string of the molecule is CCc1cn(Cc2ccccc2)[nH]c1=O. The Balaban J connectivity index is 2.22. The van der Waals surface area contributed by atoms with Gasteiger partial charge in [0.05, 0.1) is 6.54 Å². The average Bonchev–Trinajstić information content (AvgIpc) is 2.60. The number of hydrogen-bond donors (Lipinski definition) is 1. The summed E-state index contributed by atoms with van der Waals surface area (Å²) < 4.78 is 1.83. The third kappa shape index (κ3) is 2.18. The Morgan fingerprint density at radius 3 is 2.60 bits per heavy atom. The summed E-state index contributed by atoms with van der Waals surface area (Å²) in [6.07, 6.45) is 2.66. The Kier molecular flexibility index (Phi) is 2.72. The third-order valence-corrected chi connectivity index (χ3v) is 2.43. The van der Waals surface area contributed by atoms with E-state index < -0.39 is 0 Å². The van der Waals surface area contributed by atoms with Gasteiger partial charge in [-0.2, -0.15) is 0 Å². The Morgan fingerprint density at radius 1 is 1.27 bits per heavy atom. The van der Waals surface area contributed by atoms with Gasteiger partial charge in [-0.25, -0.2) is 0 Å². The van der Waals surface area contributed by atoms with Gasteiger partial charge in [-0.1, -0.05) is 37.3 Å². The maximum absolute atomic E-state index is 11.4. The van der Waals surface area contributed by atoms with E-state index in [-0.39, 0.29) is 5.56 Å². The number of aryl methyl sites for hydroxylation is 1. The number of H-pyrrole nitrogens is 1. The summed E-state index contributed by atoms with van der Waals surface area (Å²) in [6, 6.07) is 10.1. The molecule has 1 N–H and O–H groups in total. The summed E-state index contributed by atoms with van der Waals surface area (Å²) in [5.41, 5.74) is 2.05. The number of hydrogen-bond acceptors (Lipinski definition) is 1. The first-order chi connectivity index (χ1) is 7.29. The molecule has 0 saturated carbocycles. The molecule has 0 saturated heterocycles. The van der Waals surface area contributed by atoms with Crippen molar-refractivity contribution in [2.24, 2.45) is 0 Å². The van der Waals surface area contributed by atoms with Crippen LogP contribution in [0.25, 0.3) is 0 Å². The van der Waals surface area contributed by atoms with Crippen LogP contribution < -0.4 is 5.56 Å². The fraction of sp³-hybridized carbons (Fsp3) is 0.250. The van der Waals surface area contributed by atoms with Crippen molar-refractivity contribution in [2.75, 3.05) is 0 Å². The van der Waals surface area contributed by atoms with Crippen molar-refractivity contribution in [1.82, 2.24) is 9.78 Å². The quantitative estimate of drug-likeness (QED) is 0.809. The van der Waals surface area contributed by atoms with Crippen LogP contribution in [0.15, 0.2) is 41.3 Å². The molecule has 78 valence electrons. The smallest absolute Gasteiger partial charge is 0.267 e. The zero-order valence-corrected chi connectivity index (χ0v) is 8.73. The highest BCUT2D eigenvalue weighted by Gasteiger charge is 2.01. The number of nitrogens with zero attached hydrogens (tertiary/aromatic N) is 1. The molecule has 2 aromatic rings. The van der Waals surface area contributed by atoms with Gasteiger partial charge in [-0.3, -0.25) is 14.6 Å². The zero-order chi connectivity index (χ0) is 10.7. The molecule has 0 amide bonds. The van der Waals surface area contributed by atoms with Crippen LogP contribution in [0.1, 0.15) is 18.1 Å². The van der Waals surface area contributed by atoms with Crippen LogP contribution in [0.2, 0.25) is 0 Å². The van der Waals surface area contributed by atoms with E-state index in [1.807, 2.05) is 48.1 Å². The molecule has 3 heteroatoms. The standard InChI is InChI=1S/C12H14N2O/c1-2-11-9-14(13-12(11)15)8-10-6-4-3-5-7-10/h3-7,9H,2,8H2,1H3,(H,13,15). The molecule has 0 bridgehead atoms. The van der Waals surface area contributed by atoms with Gasteiger partial charge in [0.1, 0.15) is 0 Å². The van der Waals surface area contributed by atoms with Crippen molar-refractivity contribution >= 4 is 0 Å². The van der Waals surface area contributed by atoms with Crippen LogP contribution in [0.3, 0.4) is 0 Å². The first kappa shape index (κ1) is 9.77. The monoisotopic (exact) mass is 202 g/mol. The van der Waals surface area contributed by atoms with Crippen molar-refractivity contribution in [3.05, 3.63) is 58.0 Å². The molecule has 0 radical (unpaired) electrons. The summed E-state index contributed by atoms with van der Waals surface area (Å²) in [7, 11) is 0. The lowest BCUT2D eigenvalue weighted by Gasteiger charge is -2.01. The summed E-state index contributed by atoms with van der Waals surface area (Å²) in [4.78, 5) is 11.4. The van der Waals surface area contributed by atoms with Crippen molar-refractivity contribution in [2.45, 2.75) is 19.9 Å². The van der Waals surface area contributed by atoms with Crippen LogP contribution in [-0.4, -0.2) is 9.78 Å². The molecular weight excluding hydrogens is 188 g/mol. The number of aromatic nitrogens is 2. The molecule has 2 rings (SSSR count). The van der Waals surface area contributed by atoms with E-state index in [9.17, 15) is 4.79 Å². The van der Waals surface area contributed by atoms with Gasteiger partial charge in [0.15, 0.2) is 0 Å². The van der Waals surface area contributed by atoms with Crippen LogP contribution in [-0.2, 0) is 13.0 Å². The predicted octanol–water partition coefficient (Wildman–Crippen LogP) is 1.79. The Bertz CT molecular complexity index is 482. The number of aromatic amines is 1. The van der Waals surface area contributed by atoms with Gasteiger partial charge in [0, 0.05) is 11.8 Å². The molecule has 1 aromatic heterocycles. The Morgan fingerprint density at radius 2 is 2.00 bits per heavy atom. The van der Waals surface area contributed by atoms with Crippen molar-refractivity contribution < 1.29 is 0 Å². The van der Waals surface area contributed by atoms with Crippen LogP contribution in [0.5, 0.6) is 0 Å². The lowest BCUT2D eigenvalue weighted by molar-refractivity contribution is 0.679. The van der Waals surface area contributed by atoms with E-state index in [0.717, 1.165) is 18.5 Å². The lowest BCUT2D eigenvalue weighted by atomic mass is 10.2. The Labute approximate surface area is 88.4 Å². The number of rotatable bonds is 3. The Hall–Kier alpha value is -1.77. The summed E-state index contributed by atoms with van der Waals surface area (Å²) >= 11 is 0. The first-order valence-electron chi connectivity index (χ1n) is 5.12. The second-order valence-corrected chi connectivity index (χ2v) is 3.56. The van der Waals surface area contributed by atoms with E-state index in [0.29, 0.717) is 0 Å². The molecule has 0 unspecified atom stereocenters. The molecule has 15 heavy (non-hydrogen) atoms. The largest absolute Gasteiger partial charge is 0.288 e. The maximum Gasteiger partial charge on any atom is 0.267 e. The number of benzene rings is 1. The van der Waals surface area contributed by atoms with Crippen molar-refractivity contribution in [3.63, 3.8) is 0 Å². The molecule has 0 spiro atoms. The van der Waals surface area contributed by atoms with Gasteiger partial charge >= 0.3 is 0 Å². The summed E-state index contributed by atoms with van der Waals surface area (Å²) in [6.45, 7) is 2.70. The highest BCUT2D eigenvalue weighted by molar-refractivity contribution is 5.15. The average molecular weight is 202 g/mol. The summed E-state index contributed by atoms with van der Waals surface area (Å²) in [5.74, 6) is 0. The van der Waals surface area contributed by atoms with E-state index >= 15 is 0 Å². The van der Waals surface area contributed by atoms with Gasteiger partial charge < -0.3 is 0 Å². The molecule has 0 fully saturated rings. The molecule has 0 aliphatic heterocycles. The normalized spacial score (nSPS) is 10.5. The van der Waals surface area contributed by atoms with Gasteiger partial charge in [-0.05, 0) is 12.0 Å². The minimum Gasteiger partial charge on any atom is -0.288 e. The molecule has 0 aliphatic rings. The van der Waals surface area contributed by atoms with Crippen LogP contribution >= 0.6 is 0 Å². The van der Waals surface area contributed by atoms with E-state index in [4.69, 9.17) is 0 Å². The number of nitrogens with one attached hydrogen (secondary N) is 1. The van der Waals surface area contributed by atoms with E-state index in [1.165, 1.54) is 5.56 Å². The minimum absolute atomic E-state index is 0.0217. The van der Waals surface area contributed by atoms with Crippen molar-refractivity contribution in [1.29, 1.82) is 0 Å². The van der Waals surface area contributed by atoms with Crippen LogP contribution in [0, 0.1) is 0 Å². The maximum atomic E-state index is 11.4. The fourth-order valence-corrected chi connectivity index (χ4v) is 1.60. The molecule has 0 atom stereocenters. The van der Waals surface area contributed by atoms with Gasteiger partial charge in [0.25, 0.3) is 5.56 Å². The molecule has 1 aromatic carbocycles. The first-order valence-corrected chi connectivity index (χ1v) is 5.12. The predicted molar refractivity (Wildman–Crippen MR) is 60.0 cm³/mol. The van der Waals surface area contributed by atoms with E-state index in [1.54, 1.807) is 0 Å². The van der Waals surface area contributed by atoms with Crippen molar-refractivity contribution in [3.8, 4) is 0 Å². The highest BCUT2D eigenvalue weighted by Crippen LogP contribution is 2.01. The zero-order valence-electron chi connectivity index (χ0n) is 8.73. The van der Waals surface area contributed by atoms with E-state index in [2.05, 4.69) is 5.10 Å². The fourth-order valence-electron chi connectivity index (χ4n) is 1.60. The van der Waals surface area contributed by atoms with Crippen LogP contribution in [0.4, 0.5) is 0 Å². The lowest BCUT2D eigenvalue weighted by Crippen LogP contribution is -2.08. The molecule has 3 nitrogen and oxygen atoms in total. The second kappa shape index (κ2) is 4.17. The minimum atomic E-state index is 0.0217.